The summed E-state index contributed by atoms with van der Waals surface area (Å²) in [6, 6.07) is 43.8. The zero-order valence-electron chi connectivity index (χ0n) is 20.0. The predicted molar refractivity (Wildman–Crippen MR) is 148 cm³/mol. The molecule has 1 aliphatic rings. The third kappa shape index (κ3) is 3.70. The molecule has 0 fully saturated rings. The smallest absolute Gasteiger partial charge is 0.0406 e. The normalized spacial score (nSPS) is 14.3. The molecular formula is C34H27Cl. The first kappa shape index (κ1) is 21.9. The van der Waals surface area contributed by atoms with E-state index in [0.717, 1.165) is 5.02 Å². The van der Waals surface area contributed by atoms with Crippen molar-refractivity contribution in [3.8, 4) is 22.3 Å². The molecule has 0 heterocycles. The van der Waals surface area contributed by atoms with Crippen LogP contribution in [0.15, 0.2) is 121 Å². The van der Waals surface area contributed by atoms with E-state index in [9.17, 15) is 0 Å². The van der Waals surface area contributed by atoms with Crippen LogP contribution in [0.2, 0.25) is 5.02 Å². The largest absolute Gasteiger partial charge is 0.0843 e. The fourth-order valence-electron chi connectivity index (χ4n) is 5.74. The van der Waals surface area contributed by atoms with Crippen LogP contribution < -0.4 is 0 Å². The van der Waals surface area contributed by atoms with Gasteiger partial charge in [0, 0.05) is 16.4 Å². The Bertz CT molecular complexity index is 1510. The van der Waals surface area contributed by atoms with Crippen LogP contribution in [0.25, 0.3) is 22.3 Å². The fourth-order valence-corrected chi connectivity index (χ4v) is 5.87. The van der Waals surface area contributed by atoms with Crippen LogP contribution >= 0.6 is 11.6 Å². The van der Waals surface area contributed by atoms with Gasteiger partial charge in [0.2, 0.25) is 0 Å². The Morgan fingerprint density at radius 3 is 1.94 bits per heavy atom. The molecule has 0 radical (unpaired) electrons. The Kier molecular flexibility index (Phi) is 5.35. The van der Waals surface area contributed by atoms with Crippen molar-refractivity contribution in [3.05, 3.63) is 154 Å². The number of rotatable bonds is 4. The van der Waals surface area contributed by atoms with E-state index in [-0.39, 0.29) is 11.3 Å². The Morgan fingerprint density at radius 2 is 1.17 bits per heavy atom. The second kappa shape index (κ2) is 8.56. The molecule has 0 saturated carbocycles. The summed E-state index contributed by atoms with van der Waals surface area (Å²) in [5.74, 6) is 0.118. The average Bonchev–Trinajstić information content (AvgIpc) is 3.12. The van der Waals surface area contributed by atoms with E-state index in [1.807, 2.05) is 12.1 Å². The van der Waals surface area contributed by atoms with Crippen molar-refractivity contribution in [2.24, 2.45) is 0 Å². The van der Waals surface area contributed by atoms with Gasteiger partial charge in [-0.3, -0.25) is 0 Å². The molecule has 170 valence electrons. The van der Waals surface area contributed by atoms with E-state index in [1.165, 1.54) is 50.1 Å². The van der Waals surface area contributed by atoms with Crippen molar-refractivity contribution in [2.75, 3.05) is 0 Å². The van der Waals surface area contributed by atoms with E-state index < -0.39 is 0 Å². The van der Waals surface area contributed by atoms with Gasteiger partial charge in [0.1, 0.15) is 0 Å². The number of hydrogen-bond acceptors (Lipinski definition) is 0. The van der Waals surface area contributed by atoms with E-state index >= 15 is 0 Å². The SMILES string of the molecule is CC1(C)c2ccccc2-c2ccc(C(c3ccccc3)c3ccccc3-c3ccc(Cl)cc3)cc21. The summed E-state index contributed by atoms with van der Waals surface area (Å²) in [7, 11) is 0. The maximum Gasteiger partial charge on any atom is 0.0406 e. The third-order valence-electron chi connectivity index (χ3n) is 7.50. The van der Waals surface area contributed by atoms with Gasteiger partial charge in [0.25, 0.3) is 0 Å². The maximum atomic E-state index is 6.21. The molecule has 0 aromatic heterocycles. The lowest BCUT2D eigenvalue weighted by molar-refractivity contribution is 0.659. The number of fused-ring (bicyclic) bond motifs is 3. The molecule has 35 heavy (non-hydrogen) atoms. The summed E-state index contributed by atoms with van der Waals surface area (Å²) < 4.78 is 0. The quantitative estimate of drug-likeness (QED) is 0.229. The van der Waals surface area contributed by atoms with Crippen molar-refractivity contribution < 1.29 is 0 Å². The molecule has 0 amide bonds. The van der Waals surface area contributed by atoms with Crippen LogP contribution in [0.1, 0.15) is 47.6 Å². The Morgan fingerprint density at radius 1 is 0.543 bits per heavy atom. The summed E-state index contributed by atoms with van der Waals surface area (Å²) in [5.41, 5.74) is 11.8. The molecule has 1 heteroatoms. The Labute approximate surface area is 212 Å². The number of benzene rings is 5. The van der Waals surface area contributed by atoms with Crippen molar-refractivity contribution in [2.45, 2.75) is 25.2 Å². The molecule has 6 rings (SSSR count). The van der Waals surface area contributed by atoms with Gasteiger partial charge in [0.15, 0.2) is 0 Å². The molecule has 1 unspecified atom stereocenters. The standard InChI is InChI=1S/C34H27Cl/c1-34(2)31-15-9-8-13-28(31)29-21-18-25(22-32(29)34)33(24-10-4-3-5-11-24)30-14-7-6-12-27(30)23-16-19-26(35)20-17-23/h3-22,33H,1-2H3. The maximum absolute atomic E-state index is 6.21. The highest BCUT2D eigenvalue weighted by Gasteiger charge is 2.36. The van der Waals surface area contributed by atoms with Crippen LogP contribution in [0.3, 0.4) is 0 Å². The molecule has 5 aromatic carbocycles. The summed E-state index contributed by atoms with van der Waals surface area (Å²) in [6.07, 6.45) is 0. The lowest BCUT2D eigenvalue weighted by Crippen LogP contribution is -2.16. The zero-order valence-corrected chi connectivity index (χ0v) is 20.8. The van der Waals surface area contributed by atoms with Crippen LogP contribution in [0.4, 0.5) is 0 Å². The lowest BCUT2D eigenvalue weighted by Gasteiger charge is -2.26. The molecule has 1 aliphatic carbocycles. The predicted octanol–water partition coefficient (Wildman–Crippen LogP) is 9.49. The fraction of sp³-hybridized carbons (Fsp3) is 0.118. The minimum atomic E-state index is -0.0289. The average molecular weight is 471 g/mol. The van der Waals surface area contributed by atoms with E-state index in [1.54, 1.807) is 0 Å². The molecule has 0 aliphatic heterocycles. The van der Waals surface area contributed by atoms with Crippen LogP contribution in [0, 0.1) is 0 Å². The monoisotopic (exact) mass is 470 g/mol. The van der Waals surface area contributed by atoms with Crippen LogP contribution in [-0.4, -0.2) is 0 Å². The van der Waals surface area contributed by atoms with Crippen LogP contribution in [-0.2, 0) is 5.41 Å². The highest BCUT2D eigenvalue weighted by atomic mass is 35.5. The summed E-state index contributed by atoms with van der Waals surface area (Å²) in [6.45, 7) is 4.70. The topological polar surface area (TPSA) is 0 Å². The van der Waals surface area contributed by atoms with Crippen molar-refractivity contribution >= 4 is 11.6 Å². The lowest BCUT2D eigenvalue weighted by atomic mass is 9.78. The van der Waals surface area contributed by atoms with E-state index in [4.69, 9.17) is 11.6 Å². The van der Waals surface area contributed by atoms with Gasteiger partial charge in [-0.2, -0.15) is 0 Å². The van der Waals surface area contributed by atoms with Gasteiger partial charge >= 0.3 is 0 Å². The molecule has 0 saturated heterocycles. The van der Waals surface area contributed by atoms with Gasteiger partial charge in [-0.15, -0.1) is 0 Å². The van der Waals surface area contributed by atoms with Crippen molar-refractivity contribution in [3.63, 3.8) is 0 Å². The Hall–Kier alpha value is -3.61. The molecule has 5 aromatic rings. The summed E-state index contributed by atoms with van der Waals surface area (Å²) >= 11 is 6.21. The minimum absolute atomic E-state index is 0.0289. The van der Waals surface area contributed by atoms with Gasteiger partial charge in [-0.25, -0.2) is 0 Å². The van der Waals surface area contributed by atoms with Gasteiger partial charge in [0.05, 0.1) is 0 Å². The van der Waals surface area contributed by atoms with Crippen molar-refractivity contribution in [1.29, 1.82) is 0 Å². The minimum Gasteiger partial charge on any atom is -0.0843 e. The van der Waals surface area contributed by atoms with E-state index in [0.29, 0.717) is 0 Å². The third-order valence-corrected chi connectivity index (χ3v) is 7.75. The van der Waals surface area contributed by atoms with Crippen molar-refractivity contribution in [1.82, 2.24) is 0 Å². The number of halogens is 1. The first-order valence-corrected chi connectivity index (χ1v) is 12.6. The van der Waals surface area contributed by atoms with Gasteiger partial charge in [-0.05, 0) is 62.2 Å². The molecule has 0 spiro atoms. The molecular weight excluding hydrogens is 444 g/mol. The summed E-state index contributed by atoms with van der Waals surface area (Å²) in [4.78, 5) is 0. The highest BCUT2D eigenvalue weighted by molar-refractivity contribution is 6.30. The second-order valence-electron chi connectivity index (χ2n) is 9.91. The molecule has 0 nitrogen and oxygen atoms in total. The first-order chi connectivity index (χ1) is 17.0. The van der Waals surface area contributed by atoms with Crippen LogP contribution in [0.5, 0.6) is 0 Å². The summed E-state index contributed by atoms with van der Waals surface area (Å²) in [5, 5.41) is 0.756. The highest BCUT2D eigenvalue weighted by Crippen LogP contribution is 2.50. The molecule has 0 bridgehead atoms. The number of hydrogen-bond donors (Lipinski definition) is 0. The molecule has 0 N–H and O–H groups in total. The molecule has 1 atom stereocenters. The van der Waals surface area contributed by atoms with Gasteiger partial charge < -0.3 is 0 Å². The van der Waals surface area contributed by atoms with E-state index in [2.05, 4.69) is 123 Å². The Balaban J connectivity index is 1.56. The van der Waals surface area contributed by atoms with Gasteiger partial charge in [-0.1, -0.05) is 135 Å². The zero-order chi connectivity index (χ0) is 24.0. The second-order valence-corrected chi connectivity index (χ2v) is 10.3. The first-order valence-electron chi connectivity index (χ1n) is 12.2.